The van der Waals surface area contributed by atoms with Crippen molar-refractivity contribution in [3.63, 3.8) is 0 Å². The average Bonchev–Trinajstić information content (AvgIpc) is 2.75. The Balaban J connectivity index is 1.92. The highest BCUT2D eigenvalue weighted by molar-refractivity contribution is 5.95. The minimum Gasteiger partial charge on any atom is -0.504 e. The third kappa shape index (κ3) is 5.08. The van der Waals surface area contributed by atoms with Crippen molar-refractivity contribution in [2.45, 2.75) is 19.9 Å². The van der Waals surface area contributed by atoms with Gasteiger partial charge in [0, 0.05) is 45.3 Å². The molecule has 10 nitrogen and oxygen atoms in total. The van der Waals surface area contributed by atoms with Gasteiger partial charge in [-0.2, -0.15) is 0 Å². The lowest BCUT2D eigenvalue weighted by Gasteiger charge is -2.36. The summed E-state index contributed by atoms with van der Waals surface area (Å²) in [7, 11) is 1.29. The smallest absolute Gasteiger partial charge is 0.338 e. The number of nitrogens with one attached hydrogen (secondary N) is 2. The molecule has 1 atom stereocenters. The van der Waals surface area contributed by atoms with Crippen LogP contribution in [0.4, 0.5) is 4.79 Å². The molecule has 0 radical (unpaired) electrons. The Kier molecular flexibility index (Phi) is 7.01. The molecule has 3 amide bonds. The summed E-state index contributed by atoms with van der Waals surface area (Å²) >= 11 is 0. The molecule has 2 aliphatic heterocycles. The number of benzene rings is 1. The van der Waals surface area contributed by atoms with Gasteiger partial charge in [-0.25, -0.2) is 9.59 Å². The predicted molar refractivity (Wildman–Crippen MR) is 111 cm³/mol. The molecule has 0 unspecified atom stereocenters. The van der Waals surface area contributed by atoms with Gasteiger partial charge in [0.25, 0.3) is 0 Å². The maximum Gasteiger partial charge on any atom is 0.338 e. The van der Waals surface area contributed by atoms with Gasteiger partial charge in [0.05, 0.1) is 25.3 Å². The first-order chi connectivity index (χ1) is 14.8. The summed E-state index contributed by atoms with van der Waals surface area (Å²) in [5.41, 5.74) is 1.31. The van der Waals surface area contributed by atoms with Crippen molar-refractivity contribution in [3.05, 3.63) is 35.0 Å². The summed E-state index contributed by atoms with van der Waals surface area (Å²) in [6, 6.07) is 3.47. The molecule has 168 valence electrons. The Morgan fingerprint density at radius 1 is 1.23 bits per heavy atom. The van der Waals surface area contributed by atoms with E-state index in [9.17, 15) is 19.5 Å². The largest absolute Gasteiger partial charge is 0.504 e. The van der Waals surface area contributed by atoms with Crippen molar-refractivity contribution in [1.29, 1.82) is 0 Å². The molecule has 1 aromatic carbocycles. The van der Waals surface area contributed by atoms with E-state index in [4.69, 9.17) is 9.47 Å². The molecule has 0 saturated carbocycles. The van der Waals surface area contributed by atoms with Gasteiger partial charge < -0.3 is 30.1 Å². The van der Waals surface area contributed by atoms with E-state index >= 15 is 0 Å². The minimum absolute atomic E-state index is 0.0294. The molecule has 0 bridgehead atoms. The summed E-state index contributed by atoms with van der Waals surface area (Å²) < 4.78 is 10.4. The molecule has 2 heterocycles. The standard InChI is InChI=1S/C21H28N4O6/c1-4-31-17-11-14(5-6-16(17)27)19-18(20(28)30-3)15(22-21(29)23-19)12-24-7-9-25(10-8-24)13(2)26/h5-6,11,19,27H,4,7-10,12H2,1-3H3,(H2,22,23,29)/t19-/m0/s1. The highest BCUT2D eigenvalue weighted by atomic mass is 16.5. The van der Waals surface area contributed by atoms with Crippen molar-refractivity contribution in [1.82, 2.24) is 20.4 Å². The summed E-state index contributed by atoms with van der Waals surface area (Å²) in [6.07, 6.45) is 0. The second kappa shape index (κ2) is 9.69. The maximum absolute atomic E-state index is 12.7. The van der Waals surface area contributed by atoms with Crippen LogP contribution in [0.15, 0.2) is 29.5 Å². The van der Waals surface area contributed by atoms with Crippen molar-refractivity contribution < 1.29 is 29.0 Å². The van der Waals surface area contributed by atoms with Gasteiger partial charge in [0.2, 0.25) is 5.91 Å². The summed E-state index contributed by atoms with van der Waals surface area (Å²) in [6.45, 7) is 6.44. The fourth-order valence-electron chi connectivity index (χ4n) is 3.77. The molecular formula is C21H28N4O6. The van der Waals surface area contributed by atoms with Crippen molar-refractivity contribution in [2.24, 2.45) is 0 Å². The molecule has 3 rings (SSSR count). The van der Waals surface area contributed by atoms with Gasteiger partial charge in [-0.05, 0) is 24.6 Å². The van der Waals surface area contributed by atoms with Crippen LogP contribution in [-0.4, -0.2) is 79.3 Å². The average molecular weight is 432 g/mol. The molecule has 1 saturated heterocycles. The number of phenolic OH excluding ortho intramolecular Hbond substituents is 1. The monoisotopic (exact) mass is 432 g/mol. The Morgan fingerprint density at radius 2 is 1.94 bits per heavy atom. The number of carbonyl (C=O) groups excluding carboxylic acids is 3. The zero-order valence-electron chi connectivity index (χ0n) is 17.9. The molecule has 10 heteroatoms. The third-order valence-corrected chi connectivity index (χ3v) is 5.38. The minimum atomic E-state index is -0.769. The lowest BCUT2D eigenvalue weighted by atomic mass is 9.94. The van der Waals surface area contributed by atoms with E-state index in [-0.39, 0.29) is 23.0 Å². The number of phenols is 1. The molecule has 31 heavy (non-hydrogen) atoms. The summed E-state index contributed by atoms with van der Waals surface area (Å²) in [5.74, 6) is -0.306. The molecule has 0 aliphatic carbocycles. The van der Waals surface area contributed by atoms with E-state index in [0.29, 0.717) is 50.6 Å². The van der Waals surface area contributed by atoms with Gasteiger partial charge in [-0.15, -0.1) is 0 Å². The third-order valence-electron chi connectivity index (χ3n) is 5.38. The zero-order chi connectivity index (χ0) is 22.5. The van der Waals surface area contributed by atoms with E-state index in [1.54, 1.807) is 30.9 Å². The Bertz CT molecular complexity index is 892. The van der Waals surface area contributed by atoms with E-state index in [0.717, 1.165) is 0 Å². The zero-order valence-corrected chi connectivity index (χ0v) is 17.9. The normalized spacial score (nSPS) is 19.5. The highest BCUT2D eigenvalue weighted by Crippen LogP contribution is 2.34. The van der Waals surface area contributed by atoms with Crippen LogP contribution in [0.5, 0.6) is 11.5 Å². The lowest BCUT2D eigenvalue weighted by Crippen LogP contribution is -2.52. The highest BCUT2D eigenvalue weighted by Gasteiger charge is 2.35. The number of esters is 1. The van der Waals surface area contributed by atoms with E-state index in [2.05, 4.69) is 15.5 Å². The first-order valence-corrected chi connectivity index (χ1v) is 10.2. The number of carbonyl (C=O) groups is 3. The van der Waals surface area contributed by atoms with Crippen LogP contribution >= 0.6 is 0 Å². The number of aromatic hydroxyl groups is 1. The number of ether oxygens (including phenoxy) is 2. The molecule has 2 aliphatic rings. The molecule has 3 N–H and O–H groups in total. The van der Waals surface area contributed by atoms with Crippen LogP contribution in [0.25, 0.3) is 0 Å². The quantitative estimate of drug-likeness (QED) is 0.567. The van der Waals surface area contributed by atoms with Crippen LogP contribution in [0.2, 0.25) is 0 Å². The summed E-state index contributed by atoms with van der Waals surface area (Å²) in [5, 5.41) is 15.5. The molecule has 1 aromatic rings. The van der Waals surface area contributed by atoms with Gasteiger partial charge in [-0.1, -0.05) is 6.07 Å². The number of hydrogen-bond donors (Lipinski definition) is 3. The fourth-order valence-corrected chi connectivity index (χ4v) is 3.77. The molecule has 1 fully saturated rings. The van der Waals surface area contributed by atoms with Crippen LogP contribution in [0.3, 0.4) is 0 Å². The van der Waals surface area contributed by atoms with Gasteiger partial charge >= 0.3 is 12.0 Å². The Labute approximate surface area is 180 Å². The van der Waals surface area contributed by atoms with Gasteiger partial charge in [0.15, 0.2) is 11.5 Å². The number of rotatable bonds is 6. The second-order valence-corrected chi connectivity index (χ2v) is 7.36. The Hall–Kier alpha value is -3.27. The van der Waals surface area contributed by atoms with Crippen LogP contribution in [0.1, 0.15) is 25.5 Å². The van der Waals surface area contributed by atoms with Crippen molar-refractivity contribution in [2.75, 3.05) is 46.4 Å². The van der Waals surface area contributed by atoms with Crippen LogP contribution in [-0.2, 0) is 14.3 Å². The fraction of sp³-hybridized carbons (Fsp3) is 0.476. The van der Waals surface area contributed by atoms with Crippen LogP contribution < -0.4 is 15.4 Å². The lowest BCUT2D eigenvalue weighted by molar-refractivity contribution is -0.136. The van der Waals surface area contributed by atoms with Crippen molar-refractivity contribution >= 4 is 17.9 Å². The maximum atomic E-state index is 12.7. The van der Waals surface area contributed by atoms with Gasteiger partial charge in [-0.3, -0.25) is 9.69 Å². The Morgan fingerprint density at radius 3 is 2.55 bits per heavy atom. The number of nitrogens with zero attached hydrogens (tertiary/aromatic N) is 2. The van der Waals surface area contributed by atoms with Crippen molar-refractivity contribution in [3.8, 4) is 11.5 Å². The second-order valence-electron chi connectivity index (χ2n) is 7.36. The predicted octanol–water partition coefficient (Wildman–Crippen LogP) is 0.736. The molecule has 0 spiro atoms. The first-order valence-electron chi connectivity index (χ1n) is 10.2. The first kappa shape index (κ1) is 22.4. The summed E-state index contributed by atoms with van der Waals surface area (Å²) in [4.78, 5) is 40.5. The van der Waals surface area contributed by atoms with E-state index in [1.165, 1.54) is 13.2 Å². The van der Waals surface area contributed by atoms with Gasteiger partial charge in [0.1, 0.15) is 0 Å². The number of hydrogen-bond acceptors (Lipinski definition) is 7. The van der Waals surface area contributed by atoms with E-state index < -0.39 is 18.0 Å². The number of methoxy groups -OCH3 is 1. The van der Waals surface area contributed by atoms with E-state index in [1.807, 2.05) is 0 Å². The number of urea groups is 1. The topological polar surface area (TPSA) is 120 Å². The SMILES string of the molecule is CCOc1cc([C@@H]2NC(=O)NC(CN3CCN(C(C)=O)CC3)=C2C(=O)OC)ccc1O. The molecular weight excluding hydrogens is 404 g/mol. The number of piperazine rings is 1. The number of amides is 3. The molecule has 0 aromatic heterocycles. The van der Waals surface area contributed by atoms with Crippen LogP contribution in [0, 0.1) is 0 Å².